The van der Waals surface area contributed by atoms with Crippen molar-refractivity contribution in [3.63, 3.8) is 0 Å². The highest BCUT2D eigenvalue weighted by molar-refractivity contribution is 7.88. The molecule has 0 radical (unpaired) electrons. The van der Waals surface area contributed by atoms with Crippen molar-refractivity contribution in [2.24, 2.45) is 0 Å². The maximum atomic E-state index is 12.7. The van der Waals surface area contributed by atoms with Crippen molar-refractivity contribution in [2.75, 3.05) is 13.1 Å². The van der Waals surface area contributed by atoms with Gasteiger partial charge in [-0.2, -0.15) is 0 Å². The predicted octanol–water partition coefficient (Wildman–Crippen LogP) is 3.98. The highest BCUT2D eigenvalue weighted by Crippen LogP contribution is 2.25. The second kappa shape index (κ2) is 8.90. The van der Waals surface area contributed by atoms with Crippen molar-refractivity contribution in [1.29, 1.82) is 0 Å². The third-order valence-electron chi connectivity index (χ3n) is 6.24. The molecule has 1 aliphatic carbocycles. The highest BCUT2D eigenvalue weighted by atomic mass is 32.2. The number of aryl methyl sites for hydroxylation is 2. The van der Waals surface area contributed by atoms with E-state index < -0.39 is 10.0 Å². The van der Waals surface area contributed by atoms with Crippen LogP contribution in [0, 0.1) is 0 Å². The van der Waals surface area contributed by atoms with E-state index in [0.717, 1.165) is 37.7 Å². The third-order valence-corrected chi connectivity index (χ3v) is 8.09. The van der Waals surface area contributed by atoms with Crippen LogP contribution in [0.5, 0.6) is 0 Å². The van der Waals surface area contributed by atoms with Crippen LogP contribution in [0.3, 0.4) is 0 Å². The Balaban J connectivity index is 1.38. The number of rotatable bonds is 6. The van der Waals surface area contributed by atoms with Crippen molar-refractivity contribution in [3.05, 3.63) is 70.3 Å². The van der Waals surface area contributed by atoms with E-state index in [4.69, 9.17) is 0 Å². The number of fused-ring (bicyclic) bond motifs is 1. The molecule has 2 aromatic rings. The summed E-state index contributed by atoms with van der Waals surface area (Å²) in [4.78, 5) is 12.7. The molecule has 1 atom stereocenters. The molecule has 0 bridgehead atoms. The minimum absolute atomic E-state index is 0.0135. The number of piperidine rings is 1. The smallest absolute Gasteiger partial charge is 0.251 e. The molecule has 1 N–H and O–H groups in total. The van der Waals surface area contributed by atoms with Gasteiger partial charge in [-0.25, -0.2) is 12.7 Å². The first-order chi connectivity index (χ1) is 14.4. The van der Waals surface area contributed by atoms with Crippen LogP contribution in [0.1, 0.15) is 71.3 Å². The zero-order valence-electron chi connectivity index (χ0n) is 17.6. The van der Waals surface area contributed by atoms with Crippen molar-refractivity contribution in [1.82, 2.24) is 9.62 Å². The Kier molecular flexibility index (Phi) is 6.25. The number of carbonyl (C=O) groups excluding carboxylic acids is 1. The zero-order chi connectivity index (χ0) is 21.1. The Hall–Kier alpha value is -2.18. The summed E-state index contributed by atoms with van der Waals surface area (Å²) < 4.78 is 26.8. The molecule has 1 amide bonds. The molecule has 6 heteroatoms. The van der Waals surface area contributed by atoms with Crippen LogP contribution in [0.4, 0.5) is 0 Å². The van der Waals surface area contributed by atoms with Gasteiger partial charge in [0, 0.05) is 18.7 Å². The fraction of sp³-hybridized carbons (Fsp3) is 0.458. The number of nitrogens with one attached hydrogen (secondary N) is 1. The van der Waals surface area contributed by atoms with Crippen molar-refractivity contribution in [2.45, 2.75) is 57.2 Å². The molecule has 4 rings (SSSR count). The van der Waals surface area contributed by atoms with Gasteiger partial charge in [-0.1, -0.05) is 36.8 Å². The SMILES string of the molecule is C[C@@H](NC(=O)c1ccc(CS(=O)(=O)N2CCCCC2)cc1)c1ccc2c(c1)CCC2. The average molecular weight is 427 g/mol. The number of benzene rings is 2. The van der Waals surface area contributed by atoms with E-state index in [1.807, 2.05) is 6.92 Å². The second-order valence-corrected chi connectivity index (χ2v) is 10.5. The first kappa shape index (κ1) is 21.1. The molecule has 0 unspecified atom stereocenters. The summed E-state index contributed by atoms with van der Waals surface area (Å²) in [7, 11) is -3.30. The Labute approximate surface area is 179 Å². The molecule has 0 saturated carbocycles. The van der Waals surface area contributed by atoms with E-state index >= 15 is 0 Å². The summed E-state index contributed by atoms with van der Waals surface area (Å²) in [5, 5.41) is 3.06. The Bertz CT molecular complexity index is 1010. The van der Waals surface area contributed by atoms with Crippen molar-refractivity contribution >= 4 is 15.9 Å². The lowest BCUT2D eigenvalue weighted by atomic mass is 10.0. The number of carbonyl (C=O) groups is 1. The molecule has 0 aromatic heterocycles. The van der Waals surface area contributed by atoms with Crippen LogP contribution in [0.25, 0.3) is 0 Å². The molecular formula is C24H30N2O3S. The first-order valence-corrected chi connectivity index (χ1v) is 12.5. The van der Waals surface area contributed by atoms with Gasteiger partial charge in [0.25, 0.3) is 5.91 Å². The zero-order valence-corrected chi connectivity index (χ0v) is 18.4. The summed E-state index contributed by atoms with van der Waals surface area (Å²) >= 11 is 0. The van der Waals surface area contributed by atoms with Crippen LogP contribution in [-0.2, 0) is 28.6 Å². The topological polar surface area (TPSA) is 66.5 Å². The minimum Gasteiger partial charge on any atom is -0.346 e. The first-order valence-electron chi connectivity index (χ1n) is 10.9. The summed E-state index contributed by atoms with van der Waals surface area (Å²) in [6.45, 7) is 3.22. The lowest BCUT2D eigenvalue weighted by Crippen LogP contribution is -2.36. The number of sulfonamides is 1. The average Bonchev–Trinajstić information content (AvgIpc) is 3.22. The van der Waals surface area contributed by atoms with E-state index in [2.05, 4.69) is 23.5 Å². The molecule has 1 heterocycles. The van der Waals surface area contributed by atoms with Crippen LogP contribution < -0.4 is 5.32 Å². The standard InChI is InChI=1S/C24H30N2O3S/c1-18(22-13-12-20-6-5-7-23(20)16-22)25-24(27)21-10-8-19(9-11-21)17-30(28,29)26-14-3-2-4-15-26/h8-13,16,18H,2-7,14-15,17H2,1H3,(H,25,27)/t18-/m1/s1. The molecule has 0 spiro atoms. The van der Waals surface area contributed by atoms with Crippen molar-refractivity contribution in [3.8, 4) is 0 Å². The van der Waals surface area contributed by atoms with Gasteiger partial charge >= 0.3 is 0 Å². The molecule has 2 aliphatic rings. The van der Waals surface area contributed by atoms with Crippen LogP contribution in [0.2, 0.25) is 0 Å². The van der Waals surface area contributed by atoms with Crippen LogP contribution in [-0.4, -0.2) is 31.7 Å². The number of hydrogen-bond acceptors (Lipinski definition) is 3. The Morgan fingerprint density at radius 3 is 2.40 bits per heavy atom. The van der Waals surface area contributed by atoms with Gasteiger partial charge in [0.2, 0.25) is 10.0 Å². The van der Waals surface area contributed by atoms with Gasteiger partial charge in [-0.15, -0.1) is 0 Å². The van der Waals surface area contributed by atoms with E-state index in [1.165, 1.54) is 17.5 Å². The molecular weight excluding hydrogens is 396 g/mol. The van der Waals surface area contributed by atoms with Gasteiger partial charge in [-0.05, 0) is 73.4 Å². The summed E-state index contributed by atoms with van der Waals surface area (Å²) in [5.41, 5.74) is 5.19. The second-order valence-electron chi connectivity index (χ2n) is 8.49. The fourth-order valence-corrected chi connectivity index (χ4v) is 6.03. The largest absolute Gasteiger partial charge is 0.346 e. The normalized spacial score (nSPS) is 18.0. The monoisotopic (exact) mass is 426 g/mol. The molecule has 5 nitrogen and oxygen atoms in total. The maximum Gasteiger partial charge on any atom is 0.251 e. The molecule has 2 aromatic carbocycles. The van der Waals surface area contributed by atoms with Crippen LogP contribution in [0.15, 0.2) is 42.5 Å². The fourth-order valence-electron chi connectivity index (χ4n) is 4.42. The minimum atomic E-state index is -3.30. The molecule has 30 heavy (non-hydrogen) atoms. The number of nitrogens with zero attached hydrogens (tertiary/aromatic N) is 1. The number of amides is 1. The predicted molar refractivity (Wildman–Crippen MR) is 119 cm³/mol. The van der Waals surface area contributed by atoms with Gasteiger partial charge in [0.15, 0.2) is 0 Å². The lowest BCUT2D eigenvalue weighted by Gasteiger charge is -2.25. The quantitative estimate of drug-likeness (QED) is 0.760. The summed E-state index contributed by atoms with van der Waals surface area (Å²) in [6.07, 6.45) is 6.43. The van der Waals surface area contributed by atoms with E-state index in [1.54, 1.807) is 28.6 Å². The van der Waals surface area contributed by atoms with Gasteiger partial charge in [-0.3, -0.25) is 4.79 Å². The lowest BCUT2D eigenvalue weighted by molar-refractivity contribution is 0.0940. The van der Waals surface area contributed by atoms with Crippen LogP contribution >= 0.6 is 0 Å². The van der Waals surface area contributed by atoms with E-state index in [0.29, 0.717) is 24.2 Å². The summed E-state index contributed by atoms with van der Waals surface area (Å²) in [6, 6.07) is 13.3. The van der Waals surface area contributed by atoms with Gasteiger partial charge < -0.3 is 5.32 Å². The third kappa shape index (κ3) is 4.76. The van der Waals surface area contributed by atoms with Gasteiger partial charge in [0.05, 0.1) is 11.8 Å². The Morgan fingerprint density at radius 2 is 1.67 bits per heavy atom. The maximum absolute atomic E-state index is 12.7. The molecule has 1 aliphatic heterocycles. The highest BCUT2D eigenvalue weighted by Gasteiger charge is 2.24. The molecule has 1 fully saturated rings. The molecule has 1 saturated heterocycles. The summed E-state index contributed by atoms with van der Waals surface area (Å²) in [5.74, 6) is -0.158. The van der Waals surface area contributed by atoms with E-state index in [-0.39, 0.29) is 17.7 Å². The number of hydrogen-bond donors (Lipinski definition) is 1. The van der Waals surface area contributed by atoms with E-state index in [9.17, 15) is 13.2 Å². The molecule has 160 valence electrons. The van der Waals surface area contributed by atoms with Gasteiger partial charge in [0.1, 0.15) is 0 Å². The Morgan fingerprint density at radius 1 is 0.967 bits per heavy atom. The van der Waals surface area contributed by atoms with Crippen molar-refractivity contribution < 1.29 is 13.2 Å².